The van der Waals surface area contributed by atoms with Crippen molar-refractivity contribution < 1.29 is 9.34 Å². The summed E-state index contributed by atoms with van der Waals surface area (Å²) in [5, 5.41) is 10.3. The van der Waals surface area contributed by atoms with Crippen molar-refractivity contribution >= 4 is 5.88 Å². The molecule has 6 nitrogen and oxygen atoms in total. The van der Waals surface area contributed by atoms with E-state index in [2.05, 4.69) is 9.97 Å². The Balaban J connectivity index is 2.39. The summed E-state index contributed by atoms with van der Waals surface area (Å²) in [7, 11) is 0. The minimum absolute atomic E-state index is 0.293. The van der Waals surface area contributed by atoms with Crippen LogP contribution in [0.5, 0.6) is 0 Å². The average molecular weight is 191 g/mol. The molecule has 0 N–H and O–H groups in total. The minimum atomic E-state index is -0.593. The summed E-state index contributed by atoms with van der Waals surface area (Å²) in [6, 6.07) is 4.40. The first-order chi connectivity index (χ1) is 6.77. The SMILES string of the molecule is O=[N+]([O-])c1ccc(-c2ccncn2)o1. The molecule has 0 aliphatic heterocycles. The lowest BCUT2D eigenvalue weighted by atomic mass is 10.3. The first-order valence-corrected chi connectivity index (χ1v) is 3.78. The van der Waals surface area contributed by atoms with Gasteiger partial charge in [0.15, 0.2) is 5.76 Å². The van der Waals surface area contributed by atoms with Crippen molar-refractivity contribution in [2.45, 2.75) is 0 Å². The molecule has 2 aromatic heterocycles. The largest absolute Gasteiger partial charge is 0.433 e. The van der Waals surface area contributed by atoms with Crippen LogP contribution in [0.1, 0.15) is 0 Å². The van der Waals surface area contributed by atoms with E-state index in [9.17, 15) is 10.1 Å². The number of aromatic nitrogens is 2. The smallest absolute Gasteiger partial charge is 0.399 e. The Labute approximate surface area is 78.4 Å². The van der Waals surface area contributed by atoms with Crippen LogP contribution in [0.25, 0.3) is 11.5 Å². The van der Waals surface area contributed by atoms with Crippen molar-refractivity contribution in [1.29, 1.82) is 0 Å². The fourth-order valence-corrected chi connectivity index (χ4v) is 1.000. The second-order valence-corrected chi connectivity index (χ2v) is 2.49. The number of nitrogens with zero attached hydrogens (tertiary/aromatic N) is 3. The highest BCUT2D eigenvalue weighted by molar-refractivity contribution is 5.52. The summed E-state index contributed by atoms with van der Waals surface area (Å²) in [4.78, 5) is 17.4. The Hall–Kier alpha value is -2.24. The van der Waals surface area contributed by atoms with Crippen LogP contribution < -0.4 is 0 Å². The minimum Gasteiger partial charge on any atom is -0.399 e. The number of nitro groups is 1. The van der Waals surface area contributed by atoms with Gasteiger partial charge in [0.05, 0.1) is 6.07 Å². The fraction of sp³-hybridized carbons (Fsp3) is 0. The molecule has 0 aromatic carbocycles. The van der Waals surface area contributed by atoms with Crippen molar-refractivity contribution in [2.24, 2.45) is 0 Å². The van der Waals surface area contributed by atoms with E-state index < -0.39 is 4.92 Å². The van der Waals surface area contributed by atoms with E-state index in [-0.39, 0.29) is 5.88 Å². The summed E-state index contributed by atoms with van der Waals surface area (Å²) < 4.78 is 4.94. The summed E-state index contributed by atoms with van der Waals surface area (Å²) in [5.41, 5.74) is 0.521. The van der Waals surface area contributed by atoms with Gasteiger partial charge in [-0.1, -0.05) is 0 Å². The lowest BCUT2D eigenvalue weighted by molar-refractivity contribution is -0.401. The quantitative estimate of drug-likeness (QED) is 0.532. The van der Waals surface area contributed by atoms with Crippen molar-refractivity contribution in [1.82, 2.24) is 9.97 Å². The highest BCUT2D eigenvalue weighted by Crippen LogP contribution is 2.23. The molecule has 2 rings (SSSR count). The van der Waals surface area contributed by atoms with Crippen LogP contribution in [0.2, 0.25) is 0 Å². The average Bonchev–Trinajstić information content (AvgIpc) is 2.68. The summed E-state index contributed by atoms with van der Waals surface area (Å²) >= 11 is 0. The Kier molecular flexibility index (Phi) is 1.94. The van der Waals surface area contributed by atoms with E-state index in [0.717, 1.165) is 0 Å². The monoisotopic (exact) mass is 191 g/mol. The summed E-state index contributed by atoms with van der Waals surface area (Å²) in [6.45, 7) is 0. The van der Waals surface area contributed by atoms with Crippen LogP contribution >= 0.6 is 0 Å². The van der Waals surface area contributed by atoms with E-state index in [0.29, 0.717) is 11.5 Å². The van der Waals surface area contributed by atoms with E-state index in [1.165, 1.54) is 24.7 Å². The van der Waals surface area contributed by atoms with Crippen molar-refractivity contribution in [3.8, 4) is 11.5 Å². The third-order valence-corrected chi connectivity index (χ3v) is 1.61. The van der Waals surface area contributed by atoms with Gasteiger partial charge in [0.1, 0.15) is 16.9 Å². The predicted octanol–water partition coefficient (Wildman–Crippen LogP) is 1.64. The van der Waals surface area contributed by atoms with E-state index in [1.54, 1.807) is 6.07 Å². The Bertz CT molecular complexity index is 452. The maximum absolute atomic E-state index is 10.3. The van der Waals surface area contributed by atoms with Crippen molar-refractivity contribution in [3.63, 3.8) is 0 Å². The number of hydrogen-bond donors (Lipinski definition) is 0. The maximum atomic E-state index is 10.3. The van der Waals surface area contributed by atoms with Crippen LogP contribution in [-0.2, 0) is 0 Å². The molecule has 0 radical (unpaired) electrons. The second-order valence-electron chi connectivity index (χ2n) is 2.49. The molecule has 0 amide bonds. The third kappa shape index (κ3) is 1.45. The Morgan fingerprint density at radius 1 is 1.36 bits per heavy atom. The van der Waals surface area contributed by atoms with Gasteiger partial charge in [0.25, 0.3) is 0 Å². The molecule has 0 aliphatic rings. The molecule has 0 fully saturated rings. The summed E-state index contributed by atoms with van der Waals surface area (Å²) in [5.74, 6) is 0.0673. The lowest BCUT2D eigenvalue weighted by Crippen LogP contribution is -1.83. The molecule has 2 aromatic rings. The molecule has 0 saturated carbocycles. The first-order valence-electron chi connectivity index (χ1n) is 3.78. The van der Waals surface area contributed by atoms with Crippen LogP contribution in [0.3, 0.4) is 0 Å². The van der Waals surface area contributed by atoms with Gasteiger partial charge < -0.3 is 4.42 Å². The van der Waals surface area contributed by atoms with Gasteiger partial charge in [-0.15, -0.1) is 0 Å². The number of hydrogen-bond acceptors (Lipinski definition) is 5. The zero-order valence-electron chi connectivity index (χ0n) is 6.95. The number of furan rings is 1. The zero-order chi connectivity index (χ0) is 9.97. The topological polar surface area (TPSA) is 82.1 Å². The molecule has 6 heteroatoms. The van der Waals surface area contributed by atoms with Gasteiger partial charge in [0, 0.05) is 6.20 Å². The molecular weight excluding hydrogens is 186 g/mol. The molecule has 0 aliphatic carbocycles. The normalized spacial score (nSPS) is 10.0. The van der Waals surface area contributed by atoms with Gasteiger partial charge >= 0.3 is 5.88 Å². The molecule has 2 heterocycles. The second kappa shape index (κ2) is 3.25. The van der Waals surface area contributed by atoms with Crippen molar-refractivity contribution in [3.05, 3.63) is 40.8 Å². The highest BCUT2D eigenvalue weighted by Gasteiger charge is 2.13. The van der Waals surface area contributed by atoms with Gasteiger partial charge in [-0.25, -0.2) is 9.97 Å². The van der Waals surface area contributed by atoms with Crippen LogP contribution in [-0.4, -0.2) is 14.9 Å². The highest BCUT2D eigenvalue weighted by atomic mass is 16.6. The number of rotatable bonds is 2. The molecule has 70 valence electrons. The molecule has 0 atom stereocenters. The van der Waals surface area contributed by atoms with E-state index in [1.807, 2.05) is 0 Å². The van der Waals surface area contributed by atoms with Gasteiger partial charge in [-0.05, 0) is 12.1 Å². The first kappa shape index (κ1) is 8.36. The Morgan fingerprint density at radius 2 is 2.21 bits per heavy atom. The van der Waals surface area contributed by atoms with Crippen LogP contribution in [0.15, 0.2) is 35.1 Å². The molecule has 0 unspecified atom stereocenters. The molecular formula is C8H5N3O3. The maximum Gasteiger partial charge on any atom is 0.433 e. The Morgan fingerprint density at radius 3 is 2.79 bits per heavy atom. The standard InChI is InChI=1S/C8H5N3O3/c12-11(13)8-2-1-7(14-8)6-3-4-9-5-10-6/h1-5H. The molecule has 14 heavy (non-hydrogen) atoms. The zero-order valence-corrected chi connectivity index (χ0v) is 6.95. The van der Waals surface area contributed by atoms with Crippen molar-refractivity contribution in [2.75, 3.05) is 0 Å². The van der Waals surface area contributed by atoms with E-state index >= 15 is 0 Å². The lowest BCUT2D eigenvalue weighted by Gasteiger charge is -1.91. The molecule has 0 saturated heterocycles. The fourth-order valence-electron chi connectivity index (χ4n) is 1.000. The van der Waals surface area contributed by atoms with Crippen LogP contribution in [0.4, 0.5) is 5.88 Å². The van der Waals surface area contributed by atoms with Gasteiger partial charge in [-0.3, -0.25) is 10.1 Å². The molecule has 0 bridgehead atoms. The van der Waals surface area contributed by atoms with E-state index in [4.69, 9.17) is 4.42 Å². The molecule has 0 spiro atoms. The van der Waals surface area contributed by atoms with Gasteiger partial charge in [-0.2, -0.15) is 0 Å². The summed E-state index contributed by atoms with van der Waals surface area (Å²) in [6.07, 6.45) is 2.89. The predicted molar refractivity (Wildman–Crippen MR) is 46.4 cm³/mol. The van der Waals surface area contributed by atoms with Crippen LogP contribution in [0, 0.1) is 10.1 Å². The van der Waals surface area contributed by atoms with Gasteiger partial charge in [0.2, 0.25) is 0 Å². The third-order valence-electron chi connectivity index (χ3n) is 1.61.